The Morgan fingerprint density at radius 3 is 2.62 bits per heavy atom. The number of carbonyl (C=O) groups excluding carboxylic acids is 1. The maximum Gasteiger partial charge on any atom is 0.244 e. The van der Waals surface area contributed by atoms with E-state index in [2.05, 4.69) is 5.32 Å². The Morgan fingerprint density at radius 1 is 1.42 bits per heavy atom. The van der Waals surface area contributed by atoms with Crippen LogP contribution in [-0.2, 0) is 19.6 Å². The molecule has 24 heavy (non-hydrogen) atoms. The van der Waals surface area contributed by atoms with E-state index >= 15 is 0 Å². The highest BCUT2D eigenvalue weighted by Gasteiger charge is 2.29. The molecule has 136 valence electrons. The van der Waals surface area contributed by atoms with Gasteiger partial charge in [0.15, 0.2) is 0 Å². The van der Waals surface area contributed by atoms with Gasteiger partial charge >= 0.3 is 0 Å². The van der Waals surface area contributed by atoms with Gasteiger partial charge < -0.3 is 15.8 Å². The van der Waals surface area contributed by atoms with Gasteiger partial charge in [-0.1, -0.05) is 11.6 Å². The van der Waals surface area contributed by atoms with Crippen molar-refractivity contribution in [2.75, 3.05) is 32.1 Å². The number of halogens is 2. The molecule has 0 saturated carbocycles. The van der Waals surface area contributed by atoms with Crippen molar-refractivity contribution in [3.8, 4) is 0 Å². The van der Waals surface area contributed by atoms with Gasteiger partial charge in [0, 0.05) is 25.9 Å². The molecule has 0 spiro atoms. The van der Waals surface area contributed by atoms with Crippen LogP contribution in [0.3, 0.4) is 0 Å². The molecule has 1 saturated heterocycles. The number of benzene rings is 1. The first-order valence-electron chi connectivity index (χ1n) is 7.21. The van der Waals surface area contributed by atoms with E-state index in [4.69, 9.17) is 22.1 Å². The fraction of sp³-hybridized carbons (Fsp3) is 0.500. The first-order valence-corrected chi connectivity index (χ1v) is 9.03. The van der Waals surface area contributed by atoms with E-state index in [9.17, 15) is 13.2 Å². The molecule has 1 aromatic carbocycles. The monoisotopic (exact) mass is 397 g/mol. The highest BCUT2D eigenvalue weighted by molar-refractivity contribution is 7.89. The summed E-state index contributed by atoms with van der Waals surface area (Å²) in [6.07, 6.45) is 1.66. The highest BCUT2D eigenvalue weighted by Crippen LogP contribution is 2.29. The van der Waals surface area contributed by atoms with E-state index < -0.39 is 22.0 Å². The standard InChI is InChI=1S/C14H20ClN3O4S.ClH/c1-22-9-12(16)14(19)17-10-4-5-11(15)13(8-10)23(20,21)18-6-2-3-7-18;/h4-5,8,12H,2-3,6-7,9,16H2,1H3,(H,17,19);1H. The van der Waals surface area contributed by atoms with Gasteiger partial charge in [-0.25, -0.2) is 8.42 Å². The van der Waals surface area contributed by atoms with Crippen LogP contribution < -0.4 is 11.1 Å². The molecule has 1 atom stereocenters. The van der Waals surface area contributed by atoms with Crippen molar-refractivity contribution in [3.63, 3.8) is 0 Å². The van der Waals surface area contributed by atoms with Crippen LogP contribution >= 0.6 is 24.0 Å². The minimum Gasteiger partial charge on any atom is -0.383 e. The number of rotatable bonds is 6. The Balaban J connectivity index is 0.00000288. The molecule has 0 bridgehead atoms. The van der Waals surface area contributed by atoms with Crippen LogP contribution in [0.15, 0.2) is 23.1 Å². The summed E-state index contributed by atoms with van der Waals surface area (Å²) in [5, 5.41) is 2.69. The zero-order valence-electron chi connectivity index (χ0n) is 13.2. The summed E-state index contributed by atoms with van der Waals surface area (Å²) in [5.74, 6) is -0.460. The summed E-state index contributed by atoms with van der Waals surface area (Å²) in [7, 11) is -2.22. The van der Waals surface area contributed by atoms with Crippen LogP contribution in [0, 0.1) is 0 Å². The summed E-state index contributed by atoms with van der Waals surface area (Å²) >= 11 is 6.04. The fourth-order valence-electron chi connectivity index (χ4n) is 2.34. The van der Waals surface area contributed by atoms with Crippen molar-refractivity contribution in [2.24, 2.45) is 5.73 Å². The Morgan fingerprint density at radius 2 is 2.04 bits per heavy atom. The molecule has 0 aromatic heterocycles. The first kappa shape index (κ1) is 21.1. The third-order valence-electron chi connectivity index (χ3n) is 3.56. The smallest absolute Gasteiger partial charge is 0.244 e. The largest absolute Gasteiger partial charge is 0.383 e. The number of anilines is 1. The number of ether oxygens (including phenoxy) is 1. The van der Waals surface area contributed by atoms with Gasteiger partial charge in [-0.3, -0.25) is 4.79 Å². The van der Waals surface area contributed by atoms with Crippen LogP contribution in [0.4, 0.5) is 5.69 Å². The second-order valence-electron chi connectivity index (χ2n) is 5.31. The number of methoxy groups -OCH3 is 1. The normalized spacial score (nSPS) is 16.5. The topological polar surface area (TPSA) is 102 Å². The van der Waals surface area contributed by atoms with Crippen molar-refractivity contribution in [2.45, 2.75) is 23.8 Å². The average Bonchev–Trinajstić information content (AvgIpc) is 3.04. The van der Waals surface area contributed by atoms with Gasteiger partial charge in [0.05, 0.1) is 11.6 Å². The summed E-state index contributed by atoms with van der Waals surface area (Å²) in [6.45, 7) is 1.03. The van der Waals surface area contributed by atoms with Gasteiger partial charge in [0.25, 0.3) is 0 Å². The number of hydrogen-bond acceptors (Lipinski definition) is 5. The molecule has 3 N–H and O–H groups in total. The molecule has 2 rings (SSSR count). The fourth-order valence-corrected chi connectivity index (χ4v) is 4.35. The molecule has 1 heterocycles. The first-order chi connectivity index (χ1) is 10.9. The van der Waals surface area contributed by atoms with Crippen molar-refractivity contribution >= 4 is 45.6 Å². The Labute approximate surface area is 152 Å². The molecule has 1 aromatic rings. The maximum atomic E-state index is 12.6. The molecule has 0 aliphatic carbocycles. The second kappa shape index (κ2) is 8.98. The molecular formula is C14H21Cl2N3O4S. The summed E-state index contributed by atoms with van der Waals surface area (Å²) in [6, 6.07) is 3.49. The number of nitrogens with one attached hydrogen (secondary N) is 1. The van der Waals surface area contributed by atoms with Gasteiger partial charge in [-0.15, -0.1) is 12.4 Å². The Bertz CT molecular complexity index is 679. The van der Waals surface area contributed by atoms with Crippen LogP contribution in [-0.4, -0.2) is 51.5 Å². The van der Waals surface area contributed by atoms with Crippen molar-refractivity contribution in [1.29, 1.82) is 0 Å². The quantitative estimate of drug-likeness (QED) is 0.756. The minimum absolute atomic E-state index is 0. The van der Waals surface area contributed by atoms with E-state index in [0.29, 0.717) is 18.8 Å². The average molecular weight is 398 g/mol. The molecule has 1 aliphatic rings. The number of amides is 1. The van der Waals surface area contributed by atoms with Gasteiger partial charge in [-0.05, 0) is 31.0 Å². The van der Waals surface area contributed by atoms with Crippen LogP contribution in [0.1, 0.15) is 12.8 Å². The molecule has 7 nitrogen and oxygen atoms in total. The lowest BCUT2D eigenvalue weighted by Crippen LogP contribution is -2.39. The number of hydrogen-bond donors (Lipinski definition) is 2. The zero-order chi connectivity index (χ0) is 17.0. The molecular weight excluding hydrogens is 377 g/mol. The lowest BCUT2D eigenvalue weighted by molar-refractivity contribution is -0.118. The van der Waals surface area contributed by atoms with Crippen LogP contribution in [0.25, 0.3) is 0 Å². The Kier molecular flexibility index (Phi) is 7.91. The third kappa shape index (κ3) is 4.81. The minimum atomic E-state index is -3.66. The van der Waals surface area contributed by atoms with E-state index in [1.165, 1.54) is 29.6 Å². The van der Waals surface area contributed by atoms with E-state index in [1.807, 2.05) is 0 Å². The number of sulfonamides is 1. The van der Waals surface area contributed by atoms with Gasteiger partial charge in [-0.2, -0.15) is 4.31 Å². The third-order valence-corrected chi connectivity index (χ3v) is 5.94. The van der Waals surface area contributed by atoms with Crippen molar-refractivity contribution < 1.29 is 17.9 Å². The predicted molar refractivity (Wildman–Crippen MR) is 95.2 cm³/mol. The predicted octanol–water partition coefficient (Wildman–Crippen LogP) is 1.46. The van der Waals surface area contributed by atoms with E-state index in [0.717, 1.165) is 12.8 Å². The van der Waals surface area contributed by atoms with Gasteiger partial charge in [0.1, 0.15) is 10.9 Å². The van der Waals surface area contributed by atoms with Crippen LogP contribution in [0.5, 0.6) is 0 Å². The Hall–Kier alpha value is -0.900. The lowest BCUT2D eigenvalue weighted by Gasteiger charge is -2.18. The van der Waals surface area contributed by atoms with E-state index in [-0.39, 0.29) is 28.9 Å². The van der Waals surface area contributed by atoms with Crippen LogP contribution in [0.2, 0.25) is 5.02 Å². The molecule has 1 fully saturated rings. The molecule has 1 aliphatic heterocycles. The summed E-state index contributed by atoms with van der Waals surface area (Å²) < 4.78 is 31.4. The number of nitrogens with two attached hydrogens (primary N) is 1. The summed E-state index contributed by atoms with van der Waals surface area (Å²) in [5.41, 5.74) is 5.96. The molecule has 0 radical (unpaired) electrons. The zero-order valence-corrected chi connectivity index (χ0v) is 15.6. The molecule has 10 heteroatoms. The maximum absolute atomic E-state index is 12.6. The highest BCUT2D eigenvalue weighted by atomic mass is 35.5. The lowest BCUT2D eigenvalue weighted by atomic mass is 10.2. The second-order valence-corrected chi connectivity index (χ2v) is 7.62. The SMILES string of the molecule is COCC(N)C(=O)Nc1ccc(Cl)c(S(=O)(=O)N2CCCC2)c1.Cl. The molecule has 1 unspecified atom stereocenters. The number of carbonyl (C=O) groups is 1. The van der Waals surface area contributed by atoms with Gasteiger partial charge in [0.2, 0.25) is 15.9 Å². The number of nitrogens with zero attached hydrogens (tertiary/aromatic N) is 1. The summed E-state index contributed by atoms with van der Waals surface area (Å²) in [4.78, 5) is 11.9. The molecule has 1 amide bonds. The van der Waals surface area contributed by atoms with E-state index in [1.54, 1.807) is 0 Å². The van der Waals surface area contributed by atoms with Crippen molar-refractivity contribution in [3.05, 3.63) is 23.2 Å². The van der Waals surface area contributed by atoms with Crippen molar-refractivity contribution in [1.82, 2.24) is 4.31 Å².